The van der Waals surface area contributed by atoms with E-state index in [0.717, 1.165) is 49.9 Å². The predicted molar refractivity (Wildman–Crippen MR) is 89.8 cm³/mol. The second kappa shape index (κ2) is 7.06. The molecule has 0 radical (unpaired) electrons. The highest BCUT2D eigenvalue weighted by Gasteiger charge is 2.22. The minimum atomic E-state index is -0.248. The number of aromatic nitrogens is 1. The van der Waals surface area contributed by atoms with Crippen LogP contribution in [0.2, 0.25) is 0 Å². The van der Waals surface area contributed by atoms with E-state index in [4.69, 9.17) is 16.7 Å². The van der Waals surface area contributed by atoms with Crippen molar-refractivity contribution >= 4 is 23.0 Å². The number of quaternary nitrogens is 1. The molecule has 2 heterocycles. The summed E-state index contributed by atoms with van der Waals surface area (Å²) in [5.74, 6) is 0.601. The van der Waals surface area contributed by atoms with Crippen LogP contribution in [0.5, 0.6) is 0 Å². The van der Waals surface area contributed by atoms with Gasteiger partial charge in [0.1, 0.15) is 23.8 Å². The number of hydrogen-bond acceptors (Lipinski definition) is 3. The van der Waals surface area contributed by atoms with E-state index in [9.17, 15) is 4.39 Å². The number of anilines is 1. The lowest BCUT2D eigenvalue weighted by Gasteiger charge is -2.33. The molecule has 0 amide bonds. The Morgan fingerprint density at radius 2 is 2.04 bits per heavy atom. The van der Waals surface area contributed by atoms with Crippen LogP contribution in [0, 0.1) is 12.7 Å². The standard InChI is InChI=1S/C16H19FN4OS/c1-12-10-15(19-22-12)11-20-6-8-21(9-7-20)16(23)18-14-4-2-13(17)3-5-14/h2-5,10H,6-9,11H2,1H3,(H,18,23)/p+1. The van der Waals surface area contributed by atoms with Crippen LogP contribution in [0.25, 0.3) is 0 Å². The van der Waals surface area contributed by atoms with Gasteiger partial charge in [-0.2, -0.15) is 0 Å². The number of hydrogen-bond donors (Lipinski definition) is 2. The predicted octanol–water partition coefficient (Wildman–Crippen LogP) is 1.22. The summed E-state index contributed by atoms with van der Waals surface area (Å²) in [6.45, 7) is 6.55. The Labute approximate surface area is 140 Å². The van der Waals surface area contributed by atoms with Crippen LogP contribution in [0.1, 0.15) is 11.5 Å². The van der Waals surface area contributed by atoms with Crippen LogP contribution in [-0.2, 0) is 6.54 Å². The minimum absolute atomic E-state index is 0.248. The topological polar surface area (TPSA) is 45.7 Å². The average molecular weight is 335 g/mol. The van der Waals surface area contributed by atoms with Gasteiger partial charge >= 0.3 is 0 Å². The minimum Gasteiger partial charge on any atom is -0.361 e. The number of halogens is 1. The van der Waals surface area contributed by atoms with Gasteiger partial charge in [-0.1, -0.05) is 5.16 Å². The number of thiocarbonyl (C=S) groups is 1. The van der Waals surface area contributed by atoms with Crippen LogP contribution >= 0.6 is 12.2 Å². The largest absolute Gasteiger partial charge is 0.361 e. The van der Waals surface area contributed by atoms with Crippen molar-refractivity contribution in [2.75, 3.05) is 31.5 Å². The van der Waals surface area contributed by atoms with Crippen molar-refractivity contribution in [1.29, 1.82) is 0 Å². The summed E-state index contributed by atoms with van der Waals surface area (Å²) in [7, 11) is 0. The highest BCUT2D eigenvalue weighted by atomic mass is 32.1. The number of aryl methyl sites for hydroxylation is 1. The molecule has 0 spiro atoms. The monoisotopic (exact) mass is 335 g/mol. The van der Waals surface area contributed by atoms with E-state index in [1.807, 2.05) is 13.0 Å². The molecule has 0 bridgehead atoms. The molecule has 23 heavy (non-hydrogen) atoms. The molecule has 1 aliphatic rings. The molecular formula is C16H20FN4OS+. The molecule has 2 N–H and O–H groups in total. The fraction of sp³-hybridized carbons (Fsp3) is 0.375. The molecule has 122 valence electrons. The SMILES string of the molecule is Cc1cc(C[NH+]2CCN(C(=S)Nc3ccc(F)cc3)CC2)no1. The maximum atomic E-state index is 12.9. The van der Waals surface area contributed by atoms with E-state index in [1.165, 1.54) is 17.0 Å². The molecule has 0 unspecified atom stereocenters. The normalized spacial score (nSPS) is 15.7. The van der Waals surface area contributed by atoms with Crippen molar-refractivity contribution < 1.29 is 13.8 Å². The first-order valence-corrected chi connectivity index (χ1v) is 8.08. The van der Waals surface area contributed by atoms with Gasteiger partial charge < -0.3 is 19.6 Å². The van der Waals surface area contributed by atoms with E-state index in [2.05, 4.69) is 15.4 Å². The zero-order chi connectivity index (χ0) is 16.2. The van der Waals surface area contributed by atoms with Gasteiger partial charge in [0.05, 0.1) is 26.2 Å². The van der Waals surface area contributed by atoms with Gasteiger partial charge in [-0.3, -0.25) is 0 Å². The van der Waals surface area contributed by atoms with Gasteiger partial charge in [0, 0.05) is 11.8 Å². The number of benzene rings is 1. The van der Waals surface area contributed by atoms with E-state index >= 15 is 0 Å². The van der Waals surface area contributed by atoms with Crippen molar-refractivity contribution in [2.45, 2.75) is 13.5 Å². The van der Waals surface area contributed by atoms with Crippen LogP contribution in [0.4, 0.5) is 10.1 Å². The molecule has 3 rings (SSSR count). The number of nitrogens with zero attached hydrogens (tertiary/aromatic N) is 2. The second-order valence-electron chi connectivity index (χ2n) is 5.78. The Morgan fingerprint density at radius 1 is 1.35 bits per heavy atom. The summed E-state index contributed by atoms with van der Waals surface area (Å²) in [4.78, 5) is 3.62. The number of piperazine rings is 1. The summed E-state index contributed by atoms with van der Waals surface area (Å²) >= 11 is 5.44. The van der Waals surface area contributed by atoms with Gasteiger partial charge in [-0.15, -0.1) is 0 Å². The Kier molecular flexibility index (Phi) is 4.88. The van der Waals surface area contributed by atoms with Gasteiger partial charge in [0.25, 0.3) is 0 Å². The molecule has 7 heteroatoms. The molecule has 1 aliphatic heterocycles. The molecule has 1 saturated heterocycles. The first kappa shape index (κ1) is 15.9. The summed E-state index contributed by atoms with van der Waals surface area (Å²) in [5, 5.41) is 7.90. The Hall–Kier alpha value is -1.99. The van der Waals surface area contributed by atoms with Gasteiger partial charge in [-0.05, 0) is 43.4 Å². The molecule has 1 fully saturated rings. The zero-order valence-corrected chi connectivity index (χ0v) is 13.8. The third kappa shape index (κ3) is 4.27. The third-order valence-corrected chi connectivity index (χ3v) is 4.32. The van der Waals surface area contributed by atoms with Gasteiger partial charge in [0.15, 0.2) is 5.11 Å². The maximum Gasteiger partial charge on any atom is 0.173 e. The van der Waals surface area contributed by atoms with Crippen molar-refractivity contribution in [1.82, 2.24) is 10.1 Å². The Morgan fingerprint density at radius 3 is 2.65 bits per heavy atom. The van der Waals surface area contributed by atoms with Crippen LogP contribution in [0.3, 0.4) is 0 Å². The second-order valence-corrected chi connectivity index (χ2v) is 6.17. The van der Waals surface area contributed by atoms with Crippen molar-refractivity contribution in [3.63, 3.8) is 0 Å². The fourth-order valence-corrected chi connectivity index (χ4v) is 3.00. The lowest BCUT2D eigenvalue weighted by molar-refractivity contribution is -0.917. The summed E-state index contributed by atoms with van der Waals surface area (Å²) in [6.07, 6.45) is 0. The molecular weight excluding hydrogens is 315 g/mol. The van der Waals surface area contributed by atoms with E-state index in [0.29, 0.717) is 5.11 Å². The summed E-state index contributed by atoms with van der Waals surface area (Å²) < 4.78 is 18.0. The molecule has 5 nitrogen and oxygen atoms in total. The third-order valence-electron chi connectivity index (χ3n) is 3.96. The molecule has 0 aliphatic carbocycles. The van der Waals surface area contributed by atoms with Crippen molar-refractivity contribution in [2.24, 2.45) is 0 Å². The van der Waals surface area contributed by atoms with E-state index in [1.54, 1.807) is 12.1 Å². The van der Waals surface area contributed by atoms with Crippen molar-refractivity contribution in [3.05, 3.63) is 47.6 Å². The highest BCUT2D eigenvalue weighted by Crippen LogP contribution is 2.09. The van der Waals surface area contributed by atoms with Gasteiger partial charge in [0.2, 0.25) is 0 Å². The van der Waals surface area contributed by atoms with Gasteiger partial charge in [-0.25, -0.2) is 4.39 Å². The lowest BCUT2D eigenvalue weighted by atomic mass is 10.3. The Bertz CT molecular complexity index is 665. The number of rotatable bonds is 3. The summed E-state index contributed by atoms with van der Waals surface area (Å²) in [6, 6.07) is 8.21. The number of nitrogens with one attached hydrogen (secondary N) is 2. The average Bonchev–Trinajstić information content (AvgIpc) is 2.95. The van der Waals surface area contributed by atoms with Crippen LogP contribution in [-0.4, -0.2) is 41.3 Å². The van der Waals surface area contributed by atoms with Crippen LogP contribution < -0.4 is 10.2 Å². The van der Waals surface area contributed by atoms with Crippen molar-refractivity contribution in [3.8, 4) is 0 Å². The van der Waals surface area contributed by atoms with Crippen LogP contribution in [0.15, 0.2) is 34.9 Å². The Balaban J connectivity index is 1.48. The molecule has 1 aromatic heterocycles. The van der Waals surface area contributed by atoms with E-state index in [-0.39, 0.29) is 5.82 Å². The fourth-order valence-electron chi connectivity index (χ4n) is 2.70. The quantitative estimate of drug-likeness (QED) is 0.826. The summed E-state index contributed by atoms with van der Waals surface area (Å²) in [5.41, 5.74) is 1.81. The molecule has 2 aromatic rings. The molecule has 0 atom stereocenters. The first-order valence-electron chi connectivity index (χ1n) is 7.67. The molecule has 0 saturated carbocycles. The smallest absolute Gasteiger partial charge is 0.173 e. The first-order chi connectivity index (χ1) is 11.1. The van der Waals surface area contributed by atoms with E-state index < -0.39 is 0 Å². The maximum absolute atomic E-state index is 12.9. The zero-order valence-electron chi connectivity index (χ0n) is 13.0. The lowest BCUT2D eigenvalue weighted by Crippen LogP contribution is -3.13. The molecule has 1 aromatic carbocycles. The highest BCUT2D eigenvalue weighted by molar-refractivity contribution is 7.80.